The molecule has 0 radical (unpaired) electrons. The van der Waals surface area contributed by atoms with Gasteiger partial charge in [0.25, 0.3) is 0 Å². The first-order chi connectivity index (χ1) is 11.8. The fourth-order valence-corrected chi connectivity index (χ4v) is 3.33. The molecule has 0 atom stereocenters. The Morgan fingerprint density at radius 1 is 1.08 bits per heavy atom. The van der Waals surface area contributed by atoms with Crippen LogP contribution in [-0.4, -0.2) is 43.8 Å². The molecule has 132 valence electrons. The van der Waals surface area contributed by atoms with Gasteiger partial charge in [-0.3, -0.25) is 4.79 Å². The highest BCUT2D eigenvalue weighted by Gasteiger charge is 2.13. The van der Waals surface area contributed by atoms with Gasteiger partial charge in [-0.25, -0.2) is 0 Å². The lowest BCUT2D eigenvalue weighted by Gasteiger charge is -2.19. The number of carbonyl (C=O) groups excluding carboxylic acids is 1. The second-order valence-corrected chi connectivity index (χ2v) is 6.65. The molecule has 5 nitrogen and oxygen atoms in total. The number of nitrogens with one attached hydrogen (secondary N) is 1. The summed E-state index contributed by atoms with van der Waals surface area (Å²) in [6, 6.07) is 5.88. The number of hydrogen-bond acceptors (Lipinski definition) is 4. The van der Waals surface area contributed by atoms with Gasteiger partial charge < -0.3 is 19.7 Å². The Morgan fingerprint density at radius 2 is 1.88 bits per heavy atom. The predicted octanol–water partition coefficient (Wildman–Crippen LogP) is 2.73. The van der Waals surface area contributed by atoms with E-state index in [0.29, 0.717) is 6.42 Å². The van der Waals surface area contributed by atoms with E-state index in [0.717, 1.165) is 43.0 Å². The lowest BCUT2D eigenvalue weighted by molar-refractivity contribution is -0.121. The highest BCUT2D eigenvalue weighted by Crippen LogP contribution is 2.32. The molecule has 0 bridgehead atoms. The molecule has 1 fully saturated rings. The van der Waals surface area contributed by atoms with Crippen molar-refractivity contribution in [3.05, 3.63) is 23.8 Å². The van der Waals surface area contributed by atoms with Crippen LogP contribution in [0.3, 0.4) is 0 Å². The molecular weight excluding hydrogens is 304 g/mol. The van der Waals surface area contributed by atoms with Gasteiger partial charge >= 0.3 is 0 Å². The van der Waals surface area contributed by atoms with Crippen molar-refractivity contribution in [2.75, 3.05) is 33.0 Å². The van der Waals surface area contributed by atoms with Crippen LogP contribution in [0.1, 0.15) is 44.1 Å². The minimum absolute atomic E-state index is 0.128. The van der Waals surface area contributed by atoms with Crippen LogP contribution in [0.2, 0.25) is 0 Å². The van der Waals surface area contributed by atoms with E-state index in [1.165, 1.54) is 38.8 Å². The van der Waals surface area contributed by atoms with Gasteiger partial charge in [-0.05, 0) is 63.0 Å². The zero-order valence-electron chi connectivity index (χ0n) is 14.4. The first-order valence-electron chi connectivity index (χ1n) is 9.19. The van der Waals surface area contributed by atoms with Crippen LogP contribution < -0.4 is 14.8 Å². The molecule has 1 saturated heterocycles. The van der Waals surface area contributed by atoms with Crippen LogP contribution in [0, 0.1) is 0 Å². The van der Waals surface area contributed by atoms with Crippen molar-refractivity contribution in [2.45, 2.75) is 44.9 Å². The van der Waals surface area contributed by atoms with Crippen LogP contribution in [0.15, 0.2) is 18.2 Å². The summed E-state index contributed by atoms with van der Waals surface area (Å²) in [4.78, 5) is 14.5. The molecule has 1 amide bonds. The Bertz CT molecular complexity index is 539. The number of hydrogen-bond donors (Lipinski definition) is 1. The fraction of sp³-hybridized carbons (Fsp3) is 0.632. The third kappa shape index (κ3) is 5.13. The van der Waals surface area contributed by atoms with Gasteiger partial charge in [0.15, 0.2) is 11.5 Å². The zero-order valence-corrected chi connectivity index (χ0v) is 14.4. The average Bonchev–Trinajstić information content (AvgIpc) is 2.91. The van der Waals surface area contributed by atoms with Crippen molar-refractivity contribution in [1.82, 2.24) is 10.2 Å². The van der Waals surface area contributed by atoms with Gasteiger partial charge in [-0.15, -0.1) is 0 Å². The number of rotatable bonds is 7. The van der Waals surface area contributed by atoms with Crippen LogP contribution in [0.5, 0.6) is 11.5 Å². The van der Waals surface area contributed by atoms with E-state index in [1.807, 2.05) is 18.2 Å². The van der Waals surface area contributed by atoms with Crippen LogP contribution in [-0.2, 0) is 11.2 Å². The molecule has 1 aromatic rings. The van der Waals surface area contributed by atoms with Crippen molar-refractivity contribution in [3.8, 4) is 11.5 Å². The summed E-state index contributed by atoms with van der Waals surface area (Å²) >= 11 is 0. The first-order valence-corrected chi connectivity index (χ1v) is 9.19. The van der Waals surface area contributed by atoms with Gasteiger partial charge in [0, 0.05) is 13.0 Å². The molecule has 3 rings (SSSR count). The Hall–Kier alpha value is -1.75. The minimum atomic E-state index is 0.128. The molecule has 1 aromatic carbocycles. The highest BCUT2D eigenvalue weighted by atomic mass is 16.7. The second-order valence-electron chi connectivity index (χ2n) is 6.65. The Labute approximate surface area is 144 Å². The van der Waals surface area contributed by atoms with E-state index >= 15 is 0 Å². The number of fused-ring (bicyclic) bond motifs is 1. The van der Waals surface area contributed by atoms with Crippen molar-refractivity contribution < 1.29 is 14.3 Å². The third-order valence-electron chi connectivity index (χ3n) is 4.75. The van der Waals surface area contributed by atoms with Crippen molar-refractivity contribution in [1.29, 1.82) is 0 Å². The summed E-state index contributed by atoms with van der Waals surface area (Å²) in [6.07, 6.45) is 7.66. The van der Waals surface area contributed by atoms with E-state index in [9.17, 15) is 4.79 Å². The lowest BCUT2D eigenvalue weighted by atomic mass is 10.1. The van der Waals surface area contributed by atoms with Crippen molar-refractivity contribution >= 4 is 5.91 Å². The predicted molar refractivity (Wildman–Crippen MR) is 93.4 cm³/mol. The summed E-state index contributed by atoms with van der Waals surface area (Å²) in [5, 5.41) is 3.04. The van der Waals surface area contributed by atoms with Crippen LogP contribution >= 0.6 is 0 Å². The zero-order chi connectivity index (χ0) is 16.6. The number of ether oxygens (including phenoxy) is 2. The van der Waals surface area contributed by atoms with E-state index in [-0.39, 0.29) is 12.7 Å². The van der Waals surface area contributed by atoms with Gasteiger partial charge in [0.2, 0.25) is 12.7 Å². The van der Waals surface area contributed by atoms with E-state index in [2.05, 4.69) is 10.2 Å². The third-order valence-corrected chi connectivity index (χ3v) is 4.75. The molecule has 5 heteroatoms. The summed E-state index contributed by atoms with van der Waals surface area (Å²) < 4.78 is 10.7. The summed E-state index contributed by atoms with van der Waals surface area (Å²) in [7, 11) is 0. The number of benzene rings is 1. The fourth-order valence-electron chi connectivity index (χ4n) is 3.33. The molecule has 0 aromatic heterocycles. The van der Waals surface area contributed by atoms with Crippen molar-refractivity contribution in [3.63, 3.8) is 0 Å². The molecule has 2 aliphatic rings. The Morgan fingerprint density at radius 3 is 2.71 bits per heavy atom. The van der Waals surface area contributed by atoms with E-state index in [1.54, 1.807) is 0 Å². The Kier molecular flexibility index (Phi) is 6.35. The largest absolute Gasteiger partial charge is 0.454 e. The molecule has 1 N–H and O–H groups in total. The minimum Gasteiger partial charge on any atom is -0.454 e. The van der Waals surface area contributed by atoms with Crippen LogP contribution in [0.25, 0.3) is 0 Å². The average molecular weight is 332 g/mol. The van der Waals surface area contributed by atoms with E-state index < -0.39 is 0 Å². The molecule has 0 spiro atoms. The van der Waals surface area contributed by atoms with Gasteiger partial charge in [0.1, 0.15) is 0 Å². The Balaban J connectivity index is 1.30. The van der Waals surface area contributed by atoms with Crippen LogP contribution in [0.4, 0.5) is 0 Å². The van der Waals surface area contributed by atoms with E-state index in [4.69, 9.17) is 9.47 Å². The molecule has 0 aliphatic carbocycles. The molecule has 0 unspecified atom stereocenters. The second kappa shape index (κ2) is 8.92. The van der Waals surface area contributed by atoms with Gasteiger partial charge in [-0.1, -0.05) is 18.9 Å². The highest BCUT2D eigenvalue weighted by molar-refractivity contribution is 5.76. The summed E-state index contributed by atoms with van der Waals surface area (Å²) in [5.41, 5.74) is 1.11. The molecule has 0 saturated carbocycles. The standard InChI is InChI=1S/C19H28N2O3/c22-19(20-10-5-13-21-11-3-1-2-4-12-21)9-7-16-6-8-17-18(14-16)24-15-23-17/h6,8,14H,1-5,7,9-13,15H2,(H,20,22). The number of carbonyl (C=O) groups is 1. The van der Waals surface area contributed by atoms with Gasteiger partial charge in [-0.2, -0.15) is 0 Å². The smallest absolute Gasteiger partial charge is 0.231 e. The number of amides is 1. The normalized spacial score (nSPS) is 17.5. The number of nitrogens with zero attached hydrogens (tertiary/aromatic N) is 1. The molecule has 24 heavy (non-hydrogen) atoms. The maximum atomic E-state index is 12.0. The van der Waals surface area contributed by atoms with Crippen molar-refractivity contribution in [2.24, 2.45) is 0 Å². The van der Waals surface area contributed by atoms with Gasteiger partial charge in [0.05, 0.1) is 0 Å². The summed E-state index contributed by atoms with van der Waals surface area (Å²) in [6.45, 7) is 4.60. The first kappa shape index (κ1) is 17.1. The molecule has 2 aliphatic heterocycles. The number of aryl methyl sites for hydroxylation is 1. The maximum absolute atomic E-state index is 12.0. The molecule has 2 heterocycles. The quantitative estimate of drug-likeness (QED) is 0.780. The monoisotopic (exact) mass is 332 g/mol. The maximum Gasteiger partial charge on any atom is 0.231 e. The topological polar surface area (TPSA) is 50.8 Å². The summed E-state index contributed by atoms with van der Waals surface area (Å²) in [5.74, 6) is 1.70. The lowest BCUT2D eigenvalue weighted by Crippen LogP contribution is -2.30. The number of likely N-dealkylation sites (tertiary alicyclic amines) is 1. The SMILES string of the molecule is O=C(CCc1ccc2c(c1)OCO2)NCCCN1CCCCCC1. The molecular formula is C19H28N2O3.